The molecule has 0 saturated carbocycles. The monoisotopic (exact) mass is 395 g/mol. The lowest BCUT2D eigenvalue weighted by atomic mass is 10.2. The molecule has 2 aromatic rings. The molecule has 1 aliphatic rings. The lowest BCUT2D eigenvalue weighted by Gasteiger charge is -2.19. The Hall–Kier alpha value is -2.62. The normalized spacial score (nSPS) is 18.5. The molecular formula is C18H24F3N7. The standard InChI is InChI=1S/C18H24F3N7/c1-13-23-6-8-28(13)16-4-3-14(9-24-16)10-25-17(22-2)26-15-5-7-27(11-15)12-18(19,20)21/h3-4,6,8-9,15H,5,7,10-12H2,1-2H3,(H2,22,25,26). The number of aromatic nitrogens is 3. The van der Waals surface area contributed by atoms with Gasteiger partial charge in [0.15, 0.2) is 5.96 Å². The number of aliphatic imine (C=N–C) groups is 1. The Balaban J connectivity index is 1.49. The maximum atomic E-state index is 12.5. The maximum Gasteiger partial charge on any atom is 0.401 e. The molecule has 2 aromatic heterocycles. The first-order chi connectivity index (χ1) is 13.3. The molecule has 1 fully saturated rings. The van der Waals surface area contributed by atoms with Crippen LogP contribution in [0.3, 0.4) is 0 Å². The van der Waals surface area contributed by atoms with Crippen LogP contribution in [0.5, 0.6) is 0 Å². The van der Waals surface area contributed by atoms with E-state index in [9.17, 15) is 13.2 Å². The number of rotatable bonds is 5. The Morgan fingerprint density at radius 3 is 2.75 bits per heavy atom. The molecule has 7 nitrogen and oxygen atoms in total. The summed E-state index contributed by atoms with van der Waals surface area (Å²) < 4.78 is 39.4. The minimum Gasteiger partial charge on any atom is -0.352 e. The van der Waals surface area contributed by atoms with Crippen LogP contribution in [0.25, 0.3) is 5.82 Å². The summed E-state index contributed by atoms with van der Waals surface area (Å²) >= 11 is 0. The maximum absolute atomic E-state index is 12.5. The molecule has 1 saturated heterocycles. The second-order valence-corrected chi connectivity index (χ2v) is 6.78. The second kappa shape index (κ2) is 8.59. The van der Waals surface area contributed by atoms with Crippen LogP contribution in [-0.2, 0) is 6.54 Å². The molecule has 0 bridgehead atoms. The summed E-state index contributed by atoms with van der Waals surface area (Å²) in [6.45, 7) is 2.32. The summed E-state index contributed by atoms with van der Waals surface area (Å²) in [5.74, 6) is 2.21. The van der Waals surface area contributed by atoms with Gasteiger partial charge in [-0.2, -0.15) is 13.2 Å². The third-order valence-electron chi connectivity index (χ3n) is 4.58. The fourth-order valence-corrected chi connectivity index (χ4v) is 3.21. The van der Waals surface area contributed by atoms with Crippen molar-refractivity contribution in [1.82, 2.24) is 30.1 Å². The van der Waals surface area contributed by atoms with E-state index in [4.69, 9.17) is 0 Å². The van der Waals surface area contributed by atoms with Crippen LogP contribution in [0.2, 0.25) is 0 Å². The van der Waals surface area contributed by atoms with Gasteiger partial charge in [0.25, 0.3) is 0 Å². The smallest absolute Gasteiger partial charge is 0.352 e. The van der Waals surface area contributed by atoms with E-state index in [1.54, 1.807) is 19.4 Å². The molecule has 0 radical (unpaired) electrons. The number of imidazole rings is 1. The number of nitrogens with one attached hydrogen (secondary N) is 2. The number of pyridine rings is 1. The van der Waals surface area contributed by atoms with Crippen molar-refractivity contribution in [2.45, 2.75) is 32.1 Å². The summed E-state index contributed by atoms with van der Waals surface area (Å²) in [5.41, 5.74) is 0.967. The topological polar surface area (TPSA) is 70.4 Å². The van der Waals surface area contributed by atoms with Crippen molar-refractivity contribution in [3.05, 3.63) is 42.1 Å². The molecule has 1 aliphatic heterocycles. The highest BCUT2D eigenvalue weighted by Gasteiger charge is 2.34. The van der Waals surface area contributed by atoms with E-state index in [1.165, 1.54) is 4.90 Å². The van der Waals surface area contributed by atoms with Crippen molar-refractivity contribution in [3.63, 3.8) is 0 Å². The van der Waals surface area contributed by atoms with Gasteiger partial charge in [0.05, 0.1) is 6.54 Å². The van der Waals surface area contributed by atoms with Crippen molar-refractivity contribution in [3.8, 4) is 5.82 Å². The molecule has 10 heteroatoms. The third kappa shape index (κ3) is 5.44. The number of guanidine groups is 1. The first-order valence-electron chi connectivity index (χ1n) is 9.05. The molecule has 1 atom stereocenters. The van der Waals surface area contributed by atoms with Gasteiger partial charge in [-0.3, -0.25) is 14.5 Å². The average Bonchev–Trinajstić information content (AvgIpc) is 3.26. The number of hydrogen-bond donors (Lipinski definition) is 2. The highest BCUT2D eigenvalue weighted by Crippen LogP contribution is 2.19. The summed E-state index contributed by atoms with van der Waals surface area (Å²) in [6.07, 6.45) is 1.84. The highest BCUT2D eigenvalue weighted by molar-refractivity contribution is 5.80. The lowest BCUT2D eigenvalue weighted by Crippen LogP contribution is -2.44. The molecule has 2 N–H and O–H groups in total. The fourth-order valence-electron chi connectivity index (χ4n) is 3.21. The third-order valence-corrected chi connectivity index (χ3v) is 4.58. The van der Waals surface area contributed by atoms with Crippen molar-refractivity contribution < 1.29 is 13.2 Å². The van der Waals surface area contributed by atoms with E-state index in [0.29, 0.717) is 32.0 Å². The zero-order valence-electron chi connectivity index (χ0n) is 15.9. The predicted octanol–water partition coefficient (Wildman–Crippen LogP) is 1.88. The summed E-state index contributed by atoms with van der Waals surface area (Å²) in [4.78, 5) is 14.2. The van der Waals surface area contributed by atoms with E-state index in [1.807, 2.05) is 29.8 Å². The van der Waals surface area contributed by atoms with Gasteiger partial charge in [-0.25, -0.2) is 9.97 Å². The summed E-state index contributed by atoms with van der Waals surface area (Å²) in [7, 11) is 1.64. The Bertz CT molecular complexity index is 798. The highest BCUT2D eigenvalue weighted by atomic mass is 19.4. The van der Waals surface area contributed by atoms with Crippen molar-refractivity contribution in [2.75, 3.05) is 26.7 Å². The first kappa shape index (κ1) is 20.1. The zero-order valence-corrected chi connectivity index (χ0v) is 15.9. The average molecular weight is 395 g/mol. The Morgan fingerprint density at radius 2 is 2.14 bits per heavy atom. The van der Waals surface area contributed by atoms with Crippen LogP contribution in [0.15, 0.2) is 35.7 Å². The number of likely N-dealkylation sites (tertiary alicyclic amines) is 1. The number of hydrogen-bond acceptors (Lipinski definition) is 4. The molecule has 152 valence electrons. The van der Waals surface area contributed by atoms with Gasteiger partial charge < -0.3 is 10.6 Å². The minimum atomic E-state index is -4.16. The Morgan fingerprint density at radius 1 is 1.32 bits per heavy atom. The van der Waals surface area contributed by atoms with Gasteiger partial charge in [0, 0.05) is 51.3 Å². The lowest BCUT2D eigenvalue weighted by molar-refractivity contribution is -0.143. The van der Waals surface area contributed by atoms with E-state index in [2.05, 4.69) is 25.6 Å². The zero-order chi connectivity index (χ0) is 20.1. The van der Waals surface area contributed by atoms with Crippen molar-refractivity contribution >= 4 is 5.96 Å². The van der Waals surface area contributed by atoms with Gasteiger partial charge in [0.2, 0.25) is 0 Å². The molecular weight excluding hydrogens is 371 g/mol. The first-order valence-corrected chi connectivity index (χ1v) is 9.05. The quantitative estimate of drug-likeness (QED) is 0.598. The van der Waals surface area contributed by atoms with Crippen molar-refractivity contribution in [2.24, 2.45) is 4.99 Å². The number of aryl methyl sites for hydroxylation is 1. The Labute approximate surface area is 161 Å². The van der Waals surface area contributed by atoms with Crippen LogP contribution < -0.4 is 10.6 Å². The molecule has 0 amide bonds. The SMILES string of the molecule is CN=C(NCc1ccc(-n2ccnc2C)nc1)NC1CCN(CC(F)(F)F)C1. The van der Waals surface area contributed by atoms with Crippen LogP contribution >= 0.6 is 0 Å². The van der Waals surface area contributed by atoms with Crippen LogP contribution in [0.1, 0.15) is 17.8 Å². The predicted molar refractivity (Wildman–Crippen MR) is 100 cm³/mol. The van der Waals surface area contributed by atoms with Gasteiger partial charge >= 0.3 is 6.18 Å². The molecule has 3 rings (SSSR count). The van der Waals surface area contributed by atoms with Gasteiger partial charge in [-0.05, 0) is 25.0 Å². The molecule has 1 unspecified atom stereocenters. The van der Waals surface area contributed by atoms with Gasteiger partial charge in [0.1, 0.15) is 11.6 Å². The van der Waals surface area contributed by atoms with E-state index < -0.39 is 12.7 Å². The van der Waals surface area contributed by atoms with Crippen LogP contribution in [0.4, 0.5) is 13.2 Å². The van der Waals surface area contributed by atoms with Crippen molar-refractivity contribution in [1.29, 1.82) is 0 Å². The molecule has 0 aromatic carbocycles. The van der Waals surface area contributed by atoms with E-state index >= 15 is 0 Å². The van der Waals surface area contributed by atoms with Crippen LogP contribution in [-0.4, -0.2) is 64.3 Å². The van der Waals surface area contributed by atoms with Crippen LogP contribution in [0, 0.1) is 6.92 Å². The largest absolute Gasteiger partial charge is 0.401 e. The number of halogens is 3. The number of alkyl halides is 3. The molecule has 28 heavy (non-hydrogen) atoms. The molecule has 0 aliphatic carbocycles. The van der Waals surface area contributed by atoms with E-state index in [0.717, 1.165) is 17.2 Å². The molecule has 0 spiro atoms. The van der Waals surface area contributed by atoms with Gasteiger partial charge in [-0.1, -0.05) is 6.07 Å². The summed E-state index contributed by atoms with van der Waals surface area (Å²) in [5, 5.41) is 6.37. The Kier molecular flexibility index (Phi) is 6.18. The minimum absolute atomic E-state index is 0.0572. The summed E-state index contributed by atoms with van der Waals surface area (Å²) in [6, 6.07) is 3.81. The fraction of sp³-hybridized carbons (Fsp3) is 0.500. The van der Waals surface area contributed by atoms with Gasteiger partial charge in [-0.15, -0.1) is 0 Å². The number of nitrogens with zero attached hydrogens (tertiary/aromatic N) is 5. The van der Waals surface area contributed by atoms with E-state index in [-0.39, 0.29) is 6.04 Å². The molecule has 3 heterocycles. The second-order valence-electron chi connectivity index (χ2n) is 6.78.